The first kappa shape index (κ1) is 22.1. The summed E-state index contributed by atoms with van der Waals surface area (Å²) in [5, 5.41) is 10.8. The minimum atomic E-state index is -0.162. The lowest BCUT2D eigenvalue weighted by Gasteiger charge is -2.11. The molecule has 0 bridgehead atoms. The molecule has 0 aliphatic rings. The summed E-state index contributed by atoms with van der Waals surface area (Å²) in [7, 11) is 1.98. The lowest BCUT2D eigenvalue weighted by Crippen LogP contribution is -2.25. The van der Waals surface area contributed by atoms with Crippen molar-refractivity contribution in [2.75, 3.05) is 16.0 Å². The third-order valence-electron chi connectivity index (χ3n) is 5.71. The van der Waals surface area contributed by atoms with Gasteiger partial charge in [-0.3, -0.25) is 9.78 Å². The van der Waals surface area contributed by atoms with Crippen LogP contribution in [-0.2, 0) is 7.05 Å². The molecule has 0 aliphatic carbocycles. The maximum Gasteiger partial charge on any atom is 0.255 e. The van der Waals surface area contributed by atoms with E-state index in [0.29, 0.717) is 5.56 Å². The highest BCUT2D eigenvalue weighted by molar-refractivity contribution is 6.04. The van der Waals surface area contributed by atoms with E-state index in [1.807, 2.05) is 90.7 Å². The molecule has 0 aliphatic heterocycles. The number of carbonyl (C=O) groups is 1. The molecule has 0 spiro atoms. The average molecular weight is 461 g/mol. The zero-order chi connectivity index (χ0) is 24.2. The van der Waals surface area contributed by atoms with Gasteiger partial charge in [-0.05, 0) is 67.1 Å². The minimum Gasteiger partial charge on any atom is -0.355 e. The molecule has 6 nitrogen and oxygen atoms in total. The Morgan fingerprint density at radius 1 is 0.771 bits per heavy atom. The van der Waals surface area contributed by atoms with E-state index in [-0.39, 0.29) is 5.91 Å². The largest absolute Gasteiger partial charge is 0.355 e. The Bertz CT molecular complexity index is 1490. The third-order valence-corrected chi connectivity index (χ3v) is 5.71. The van der Waals surface area contributed by atoms with Gasteiger partial charge in [-0.1, -0.05) is 18.2 Å². The summed E-state index contributed by atoms with van der Waals surface area (Å²) in [6.07, 6.45) is 5.75. The Morgan fingerprint density at radius 2 is 1.51 bits per heavy atom. The number of fused-ring (bicyclic) bond motifs is 1. The van der Waals surface area contributed by atoms with Crippen LogP contribution < -0.4 is 20.5 Å². The number of anilines is 5. The number of pyridine rings is 2. The number of aromatic nitrogens is 2. The van der Waals surface area contributed by atoms with E-state index >= 15 is 0 Å². The van der Waals surface area contributed by atoms with Gasteiger partial charge >= 0.3 is 0 Å². The van der Waals surface area contributed by atoms with Crippen molar-refractivity contribution in [3.05, 3.63) is 115 Å². The molecule has 3 N–H and O–H groups in total. The van der Waals surface area contributed by atoms with E-state index in [4.69, 9.17) is 0 Å². The molecule has 172 valence electrons. The third kappa shape index (κ3) is 5.28. The SMILES string of the molecule is Cc1ccc2c(Nc3ccc(C(=O)Nc4cccc(Nc5cc[n+](C)cc5)c4)cc3)ccnc2c1. The highest BCUT2D eigenvalue weighted by atomic mass is 16.1. The van der Waals surface area contributed by atoms with Gasteiger partial charge in [0.1, 0.15) is 7.05 Å². The summed E-state index contributed by atoms with van der Waals surface area (Å²) in [6.45, 7) is 2.06. The van der Waals surface area contributed by atoms with Crippen molar-refractivity contribution in [2.24, 2.45) is 7.05 Å². The maximum absolute atomic E-state index is 12.8. The Balaban J connectivity index is 1.26. The van der Waals surface area contributed by atoms with Crippen molar-refractivity contribution < 1.29 is 9.36 Å². The highest BCUT2D eigenvalue weighted by Crippen LogP contribution is 2.26. The fourth-order valence-corrected chi connectivity index (χ4v) is 3.86. The average Bonchev–Trinajstić information content (AvgIpc) is 2.86. The van der Waals surface area contributed by atoms with E-state index in [0.717, 1.165) is 39.3 Å². The summed E-state index contributed by atoms with van der Waals surface area (Å²) in [5.41, 5.74) is 7.18. The van der Waals surface area contributed by atoms with Crippen LogP contribution in [-0.4, -0.2) is 10.9 Å². The van der Waals surface area contributed by atoms with Gasteiger partial charge in [-0.15, -0.1) is 0 Å². The molecular weight excluding hydrogens is 434 g/mol. The molecule has 0 radical (unpaired) electrons. The molecule has 6 heteroatoms. The van der Waals surface area contributed by atoms with Gasteiger partial charge in [0.2, 0.25) is 0 Å². The first-order valence-corrected chi connectivity index (χ1v) is 11.4. The Labute approximate surface area is 204 Å². The summed E-state index contributed by atoms with van der Waals surface area (Å²) < 4.78 is 1.97. The monoisotopic (exact) mass is 460 g/mol. The van der Waals surface area contributed by atoms with Crippen LogP contribution in [0.5, 0.6) is 0 Å². The topological polar surface area (TPSA) is 69.9 Å². The van der Waals surface area contributed by atoms with Crippen molar-refractivity contribution in [1.82, 2.24) is 4.98 Å². The Morgan fingerprint density at radius 3 is 2.31 bits per heavy atom. The molecule has 5 rings (SSSR count). The first-order chi connectivity index (χ1) is 17.0. The molecule has 2 heterocycles. The smallest absolute Gasteiger partial charge is 0.255 e. The van der Waals surface area contributed by atoms with Crippen molar-refractivity contribution in [3.63, 3.8) is 0 Å². The molecule has 3 aromatic carbocycles. The van der Waals surface area contributed by atoms with Crippen molar-refractivity contribution >= 4 is 45.2 Å². The number of hydrogen-bond acceptors (Lipinski definition) is 4. The molecule has 0 saturated carbocycles. The molecule has 0 atom stereocenters. The molecule has 0 fully saturated rings. The number of nitrogens with zero attached hydrogens (tertiary/aromatic N) is 2. The van der Waals surface area contributed by atoms with E-state index < -0.39 is 0 Å². The minimum absolute atomic E-state index is 0.162. The van der Waals surface area contributed by atoms with Gasteiger partial charge in [0, 0.05) is 52.0 Å². The number of carbonyl (C=O) groups excluding carboxylic acids is 1. The van der Waals surface area contributed by atoms with E-state index in [1.54, 1.807) is 6.20 Å². The van der Waals surface area contributed by atoms with E-state index in [9.17, 15) is 4.79 Å². The fraction of sp³-hybridized carbons (Fsp3) is 0.0690. The summed E-state index contributed by atoms with van der Waals surface area (Å²) in [5.74, 6) is -0.162. The second kappa shape index (κ2) is 9.65. The van der Waals surface area contributed by atoms with E-state index in [1.165, 1.54) is 5.56 Å². The lowest BCUT2D eigenvalue weighted by atomic mass is 10.1. The summed E-state index contributed by atoms with van der Waals surface area (Å²) in [4.78, 5) is 17.3. The van der Waals surface area contributed by atoms with Gasteiger partial charge < -0.3 is 16.0 Å². The maximum atomic E-state index is 12.8. The van der Waals surface area contributed by atoms with E-state index in [2.05, 4.69) is 46.1 Å². The summed E-state index contributed by atoms with van der Waals surface area (Å²) in [6, 6.07) is 27.3. The number of rotatable bonds is 6. The fourth-order valence-electron chi connectivity index (χ4n) is 3.86. The zero-order valence-electron chi connectivity index (χ0n) is 19.6. The quantitative estimate of drug-likeness (QED) is 0.268. The molecule has 2 aromatic heterocycles. The zero-order valence-corrected chi connectivity index (χ0v) is 19.6. The van der Waals surface area contributed by atoms with Crippen LogP contribution in [0, 0.1) is 6.92 Å². The highest BCUT2D eigenvalue weighted by Gasteiger charge is 2.08. The van der Waals surface area contributed by atoms with Crippen LogP contribution in [0.15, 0.2) is 104 Å². The second-order valence-electron chi connectivity index (χ2n) is 8.49. The van der Waals surface area contributed by atoms with Crippen molar-refractivity contribution in [2.45, 2.75) is 6.92 Å². The van der Waals surface area contributed by atoms with Crippen LogP contribution in [0.2, 0.25) is 0 Å². The van der Waals surface area contributed by atoms with Gasteiger partial charge in [0.15, 0.2) is 12.4 Å². The van der Waals surface area contributed by atoms with Crippen molar-refractivity contribution in [3.8, 4) is 0 Å². The van der Waals surface area contributed by atoms with Crippen LogP contribution in [0.4, 0.5) is 28.4 Å². The number of hydrogen-bond donors (Lipinski definition) is 3. The van der Waals surface area contributed by atoms with Gasteiger partial charge in [-0.2, -0.15) is 0 Å². The number of nitrogens with one attached hydrogen (secondary N) is 3. The molecule has 1 amide bonds. The normalized spacial score (nSPS) is 10.7. The molecular formula is C29H26N5O+. The van der Waals surface area contributed by atoms with Crippen LogP contribution >= 0.6 is 0 Å². The standard InChI is InChI=1S/C29H25N5O/c1-20-6-11-26-27(12-15-30-28(26)18-20)32-22-9-7-21(8-10-22)29(35)33-25-5-3-4-24(19-25)31-23-13-16-34(2)17-14-23/h3-19H,1-2H3,(H2,30,32,33,35)/p+1. The van der Waals surface area contributed by atoms with Crippen LogP contribution in [0.3, 0.4) is 0 Å². The molecule has 35 heavy (non-hydrogen) atoms. The molecule has 5 aromatic rings. The predicted octanol–water partition coefficient (Wildman–Crippen LogP) is 6.11. The van der Waals surface area contributed by atoms with Crippen LogP contribution in [0.1, 0.15) is 15.9 Å². The van der Waals surface area contributed by atoms with Gasteiger partial charge in [-0.25, -0.2) is 4.57 Å². The predicted molar refractivity (Wildman–Crippen MR) is 142 cm³/mol. The first-order valence-electron chi connectivity index (χ1n) is 11.4. The van der Waals surface area contributed by atoms with Crippen LogP contribution in [0.25, 0.3) is 10.9 Å². The number of benzene rings is 3. The second-order valence-corrected chi connectivity index (χ2v) is 8.49. The molecule has 0 unspecified atom stereocenters. The summed E-state index contributed by atoms with van der Waals surface area (Å²) >= 11 is 0. The van der Waals surface area contributed by atoms with Crippen molar-refractivity contribution in [1.29, 1.82) is 0 Å². The Hall–Kier alpha value is -4.71. The molecule has 0 saturated heterocycles. The van der Waals surface area contributed by atoms with Gasteiger partial charge in [0.25, 0.3) is 5.91 Å². The van der Waals surface area contributed by atoms with Gasteiger partial charge in [0.05, 0.1) is 11.2 Å². The lowest BCUT2D eigenvalue weighted by molar-refractivity contribution is -0.671. The number of aryl methyl sites for hydroxylation is 2. The Kier molecular flexibility index (Phi) is 6.09. The number of amides is 1.